The van der Waals surface area contributed by atoms with E-state index in [1.807, 2.05) is 0 Å². The average molecular weight is 580 g/mol. The van der Waals surface area contributed by atoms with E-state index >= 15 is 0 Å². The van der Waals surface area contributed by atoms with Gasteiger partial charge in [-0.2, -0.15) is 0 Å². The molecule has 0 aliphatic heterocycles. The third-order valence-electron chi connectivity index (χ3n) is 5.27. The van der Waals surface area contributed by atoms with Crippen molar-refractivity contribution in [3.63, 3.8) is 0 Å². The summed E-state index contributed by atoms with van der Waals surface area (Å²) in [5.41, 5.74) is 0. The summed E-state index contributed by atoms with van der Waals surface area (Å²) in [5.74, 6) is 9.11. The van der Waals surface area contributed by atoms with Gasteiger partial charge in [-0.15, -0.1) is 0 Å². The molecule has 0 bridgehead atoms. The van der Waals surface area contributed by atoms with Crippen molar-refractivity contribution in [1.29, 1.82) is 0 Å². The van der Waals surface area contributed by atoms with E-state index < -0.39 is 10.1 Å². The number of hydrogen-bond acceptors (Lipinski definition) is 0. The quantitative estimate of drug-likeness (QED) is 0.0874. The van der Waals surface area contributed by atoms with Crippen LogP contribution in [-0.2, 0) is 10.1 Å². The molecular formula is C24H57ClRhS3. The second-order valence-corrected chi connectivity index (χ2v) is 42.0. The molecule has 0 aliphatic carbocycles. The predicted molar refractivity (Wildman–Crippen MR) is 151 cm³/mol. The van der Waals surface area contributed by atoms with Gasteiger partial charge in [0.15, 0.2) is 0 Å². The molecule has 0 aromatic heterocycles. The van der Waals surface area contributed by atoms with Crippen molar-refractivity contribution in [1.82, 2.24) is 0 Å². The Bertz CT molecular complexity index is 283. The van der Waals surface area contributed by atoms with Gasteiger partial charge in [-0.25, -0.2) is 0 Å². The number of thiol groups is 3. The van der Waals surface area contributed by atoms with Gasteiger partial charge in [-0.3, -0.25) is 0 Å². The van der Waals surface area contributed by atoms with Gasteiger partial charge in [0.2, 0.25) is 0 Å². The molecule has 0 atom stereocenters. The zero-order valence-corrected chi connectivity index (χ0v) is 25.9. The Morgan fingerprint density at radius 1 is 0.414 bits per heavy atom. The molecule has 0 radical (unpaired) electrons. The Kier molecular flexibility index (Phi) is 22.0. The van der Waals surface area contributed by atoms with Crippen LogP contribution in [0, 0.1) is 0 Å². The second kappa shape index (κ2) is 20.6. The normalized spacial score (nSPS) is 14.1. The molecule has 0 saturated heterocycles. The van der Waals surface area contributed by atoms with Crippen molar-refractivity contribution in [2.75, 3.05) is 34.5 Å². The van der Waals surface area contributed by atoms with E-state index in [0.717, 1.165) is 0 Å². The van der Waals surface area contributed by atoms with Crippen molar-refractivity contribution in [3.8, 4) is 0 Å². The van der Waals surface area contributed by atoms with E-state index in [4.69, 9.17) is 9.69 Å². The summed E-state index contributed by atoms with van der Waals surface area (Å²) in [5, 5.41) is 0. The Balaban J connectivity index is 6.01. The van der Waals surface area contributed by atoms with Gasteiger partial charge in [0, 0.05) is 0 Å². The average Bonchev–Trinajstić information content (AvgIpc) is 2.73. The van der Waals surface area contributed by atoms with E-state index in [1.54, 1.807) is 0 Å². The SMILES string of the molecule is CCCC[SH](CCCC)[Rh]([Cl])([SH](CCCC)CCCC)[SH](CCCC)CCCC. The van der Waals surface area contributed by atoms with Crippen LogP contribution in [0.4, 0.5) is 0 Å². The summed E-state index contributed by atoms with van der Waals surface area (Å²) >= 11 is 0. The van der Waals surface area contributed by atoms with E-state index in [1.165, 1.54) is 112 Å². The van der Waals surface area contributed by atoms with Gasteiger partial charge in [0.25, 0.3) is 0 Å². The van der Waals surface area contributed by atoms with Crippen molar-refractivity contribution in [2.45, 2.75) is 119 Å². The van der Waals surface area contributed by atoms with Gasteiger partial charge in [-0.05, 0) is 0 Å². The maximum absolute atomic E-state index is 8.30. The van der Waals surface area contributed by atoms with E-state index in [-0.39, 0.29) is 26.7 Å². The van der Waals surface area contributed by atoms with Crippen molar-refractivity contribution < 1.29 is 10.1 Å². The standard InChI is InChI=1S/3C8H18S.ClH.Rh/c3*1-3-5-7-9-8-6-4-2;;/h3*3-8H2,1-2H3;1H;/q;;;;-2/p+2. The molecule has 0 aliphatic rings. The van der Waals surface area contributed by atoms with Crippen molar-refractivity contribution in [3.05, 3.63) is 0 Å². The fourth-order valence-corrected chi connectivity index (χ4v) is 63.1. The summed E-state index contributed by atoms with van der Waals surface area (Å²) in [6.45, 7) is 14.3. The molecular weight excluding hydrogens is 523 g/mol. The Morgan fingerprint density at radius 2 is 0.586 bits per heavy atom. The van der Waals surface area contributed by atoms with Crippen LogP contribution in [-0.4, -0.2) is 34.5 Å². The number of hydrogen-bond donors (Lipinski definition) is 3. The fourth-order valence-electron chi connectivity index (χ4n) is 3.24. The summed E-state index contributed by atoms with van der Waals surface area (Å²) in [6, 6.07) is 0. The van der Waals surface area contributed by atoms with Crippen LogP contribution < -0.4 is 0 Å². The molecule has 0 rings (SSSR count). The van der Waals surface area contributed by atoms with Crippen LogP contribution in [0.1, 0.15) is 119 Å². The molecule has 0 unspecified atom stereocenters. The van der Waals surface area contributed by atoms with E-state index in [9.17, 15) is 0 Å². The topological polar surface area (TPSA) is 0 Å². The molecule has 5 heteroatoms. The van der Waals surface area contributed by atoms with E-state index in [0.29, 0.717) is 0 Å². The zero-order valence-electron chi connectivity index (χ0n) is 20.8. The number of halogens is 1. The third-order valence-corrected chi connectivity index (χ3v) is 58.6. The first-order valence-corrected chi connectivity index (χ1v) is 26.1. The summed E-state index contributed by atoms with van der Waals surface area (Å²) in [7, 11) is 6.67. The summed E-state index contributed by atoms with van der Waals surface area (Å²) in [6.07, 6.45) is 16.8. The first-order valence-electron chi connectivity index (χ1n) is 12.7. The summed E-state index contributed by atoms with van der Waals surface area (Å²) in [4.78, 5) is 0. The number of unbranched alkanes of at least 4 members (excludes halogenated alkanes) is 6. The van der Waals surface area contributed by atoms with Gasteiger partial charge in [-0.1, -0.05) is 0 Å². The van der Waals surface area contributed by atoms with Gasteiger partial charge >= 0.3 is 200 Å². The molecule has 0 aromatic rings. The van der Waals surface area contributed by atoms with Crippen molar-refractivity contribution in [2.24, 2.45) is 0 Å². The first kappa shape index (κ1) is 31.0. The fraction of sp³-hybridized carbons (Fsp3) is 1.00. The summed E-state index contributed by atoms with van der Waals surface area (Å²) < 4.78 is 0. The van der Waals surface area contributed by atoms with Gasteiger partial charge in [0.05, 0.1) is 0 Å². The predicted octanol–water partition coefficient (Wildman–Crippen LogP) is 9.84. The van der Waals surface area contributed by atoms with Gasteiger partial charge < -0.3 is 0 Å². The molecule has 0 fully saturated rings. The molecule has 0 nitrogen and oxygen atoms in total. The minimum atomic E-state index is -1.99. The number of rotatable bonds is 21. The molecule has 187 valence electrons. The van der Waals surface area contributed by atoms with Crippen LogP contribution >= 0.6 is 36.3 Å². The Labute approximate surface area is 198 Å². The van der Waals surface area contributed by atoms with Gasteiger partial charge in [0.1, 0.15) is 0 Å². The molecule has 0 spiro atoms. The molecule has 29 heavy (non-hydrogen) atoms. The monoisotopic (exact) mass is 579 g/mol. The molecule has 0 heterocycles. The van der Waals surface area contributed by atoms with E-state index in [2.05, 4.69) is 41.5 Å². The zero-order chi connectivity index (χ0) is 22.0. The van der Waals surface area contributed by atoms with Crippen molar-refractivity contribution >= 4 is 36.3 Å². The third kappa shape index (κ3) is 12.1. The van der Waals surface area contributed by atoms with Crippen LogP contribution in [0.3, 0.4) is 0 Å². The second-order valence-electron chi connectivity index (χ2n) is 8.14. The van der Waals surface area contributed by atoms with Crippen LogP contribution in [0.25, 0.3) is 0 Å². The minimum absolute atomic E-state index is 0.120. The molecule has 0 amide bonds. The van der Waals surface area contributed by atoms with Crippen LogP contribution in [0.2, 0.25) is 0 Å². The Morgan fingerprint density at radius 3 is 0.724 bits per heavy atom. The molecule has 0 aromatic carbocycles. The van der Waals surface area contributed by atoms with Crippen LogP contribution in [0.15, 0.2) is 0 Å². The van der Waals surface area contributed by atoms with Crippen LogP contribution in [0.5, 0.6) is 0 Å². The maximum atomic E-state index is 8.30. The molecule has 0 saturated carbocycles. The first-order chi connectivity index (χ1) is 14.1. The Hall–Kier alpha value is 1.96. The molecule has 0 N–H and O–H groups in total.